The largest absolute Gasteiger partial charge is 0.332 e. The first kappa shape index (κ1) is 15.4. The van der Waals surface area contributed by atoms with Crippen LogP contribution in [0.15, 0.2) is 36.4 Å². The lowest BCUT2D eigenvalue weighted by atomic mass is 10.2. The van der Waals surface area contributed by atoms with Crippen LogP contribution in [0.25, 0.3) is 0 Å². The Morgan fingerprint density at radius 3 is 2.05 bits per heavy atom. The van der Waals surface area contributed by atoms with Gasteiger partial charge in [0.15, 0.2) is 5.11 Å². The summed E-state index contributed by atoms with van der Waals surface area (Å²) in [5, 5.41) is 8.34. The molecular weight excluding hydrogens is 335 g/mol. The number of aryl methyl sites for hydroxylation is 1. The highest BCUT2D eigenvalue weighted by molar-refractivity contribution is 7.80. The standard InChI is InChI=1S/C14H11Cl3N2S/c1-8-6-9(15)2-4-12(8)18-14(20)19-13-5-3-10(16)7-11(13)17/h2-7H,1H3,(H2,18,19,20). The van der Waals surface area contributed by atoms with Gasteiger partial charge in [0.1, 0.15) is 0 Å². The number of halogens is 3. The minimum Gasteiger partial charge on any atom is -0.332 e. The Kier molecular flexibility index (Phi) is 5.11. The van der Waals surface area contributed by atoms with Gasteiger partial charge in [0.05, 0.1) is 10.7 Å². The van der Waals surface area contributed by atoms with E-state index in [1.807, 2.05) is 19.1 Å². The molecule has 0 atom stereocenters. The summed E-state index contributed by atoms with van der Waals surface area (Å²) < 4.78 is 0. The number of benzene rings is 2. The lowest BCUT2D eigenvalue weighted by Crippen LogP contribution is -2.19. The SMILES string of the molecule is Cc1cc(Cl)ccc1NC(=S)Nc1ccc(Cl)cc1Cl. The van der Waals surface area contributed by atoms with Gasteiger partial charge in [0, 0.05) is 15.7 Å². The molecule has 0 unspecified atom stereocenters. The van der Waals surface area contributed by atoms with Crippen LogP contribution in [-0.4, -0.2) is 5.11 Å². The first-order chi connectivity index (χ1) is 9.45. The van der Waals surface area contributed by atoms with Crippen LogP contribution in [0.2, 0.25) is 15.1 Å². The Labute approximate surface area is 138 Å². The molecule has 0 heterocycles. The van der Waals surface area contributed by atoms with Gasteiger partial charge in [-0.2, -0.15) is 0 Å². The molecule has 2 aromatic rings. The van der Waals surface area contributed by atoms with Crippen LogP contribution < -0.4 is 10.6 Å². The van der Waals surface area contributed by atoms with E-state index in [1.165, 1.54) is 0 Å². The van der Waals surface area contributed by atoms with Crippen molar-refractivity contribution in [2.75, 3.05) is 10.6 Å². The van der Waals surface area contributed by atoms with Gasteiger partial charge >= 0.3 is 0 Å². The number of hydrogen-bond donors (Lipinski definition) is 2. The summed E-state index contributed by atoms with van der Waals surface area (Å²) in [5.41, 5.74) is 2.58. The number of thiocarbonyl (C=S) groups is 1. The normalized spacial score (nSPS) is 10.2. The first-order valence-electron chi connectivity index (χ1n) is 5.75. The van der Waals surface area contributed by atoms with E-state index in [0.717, 1.165) is 11.3 Å². The van der Waals surface area contributed by atoms with Gasteiger partial charge < -0.3 is 10.6 Å². The van der Waals surface area contributed by atoms with Crippen LogP contribution in [-0.2, 0) is 0 Å². The maximum Gasteiger partial charge on any atom is 0.175 e. The number of hydrogen-bond acceptors (Lipinski definition) is 1. The zero-order valence-electron chi connectivity index (χ0n) is 10.5. The molecule has 0 radical (unpaired) electrons. The molecule has 0 saturated carbocycles. The predicted molar refractivity (Wildman–Crippen MR) is 92.5 cm³/mol. The molecule has 0 saturated heterocycles. The summed E-state index contributed by atoms with van der Waals surface area (Å²) in [4.78, 5) is 0. The van der Waals surface area contributed by atoms with Gasteiger partial charge in [0.25, 0.3) is 0 Å². The third-order valence-corrected chi connectivity index (χ3v) is 3.60. The van der Waals surface area contributed by atoms with Crippen LogP contribution in [0.3, 0.4) is 0 Å². The molecule has 2 rings (SSSR count). The molecule has 0 amide bonds. The second kappa shape index (κ2) is 6.64. The van der Waals surface area contributed by atoms with Crippen molar-refractivity contribution in [3.8, 4) is 0 Å². The average molecular weight is 346 g/mol. The Balaban J connectivity index is 2.09. The van der Waals surface area contributed by atoms with E-state index in [2.05, 4.69) is 10.6 Å². The van der Waals surface area contributed by atoms with Crippen LogP contribution in [0.5, 0.6) is 0 Å². The lowest BCUT2D eigenvalue weighted by Gasteiger charge is -2.13. The minimum absolute atomic E-state index is 0.444. The molecule has 0 aromatic heterocycles. The van der Waals surface area contributed by atoms with E-state index >= 15 is 0 Å². The van der Waals surface area contributed by atoms with Gasteiger partial charge in [-0.3, -0.25) is 0 Å². The summed E-state index contributed by atoms with van der Waals surface area (Å²) in [7, 11) is 0. The maximum atomic E-state index is 6.08. The highest BCUT2D eigenvalue weighted by Gasteiger charge is 2.05. The van der Waals surface area contributed by atoms with Crippen molar-refractivity contribution in [3.63, 3.8) is 0 Å². The third-order valence-electron chi connectivity index (χ3n) is 2.62. The van der Waals surface area contributed by atoms with Gasteiger partial charge in [-0.25, -0.2) is 0 Å². The fraction of sp³-hybridized carbons (Fsp3) is 0.0714. The molecular formula is C14H11Cl3N2S. The molecule has 0 aliphatic carbocycles. The Bertz CT molecular complexity index is 603. The molecule has 2 N–H and O–H groups in total. The summed E-state index contributed by atoms with van der Waals surface area (Å²) in [6.45, 7) is 1.95. The third kappa shape index (κ3) is 4.00. The molecule has 0 aliphatic heterocycles. The summed E-state index contributed by atoms with van der Waals surface area (Å²) in [6, 6.07) is 10.7. The molecule has 0 bridgehead atoms. The highest BCUT2D eigenvalue weighted by Crippen LogP contribution is 2.26. The number of anilines is 2. The molecule has 2 aromatic carbocycles. The van der Waals surface area contributed by atoms with Crippen molar-refractivity contribution >= 4 is 63.5 Å². The Morgan fingerprint density at radius 1 is 0.900 bits per heavy atom. The summed E-state index contributed by atoms with van der Waals surface area (Å²) >= 11 is 23.1. The maximum absolute atomic E-state index is 6.08. The van der Waals surface area contributed by atoms with Crippen molar-refractivity contribution in [1.82, 2.24) is 0 Å². The van der Waals surface area contributed by atoms with E-state index in [1.54, 1.807) is 24.3 Å². The topological polar surface area (TPSA) is 24.1 Å². The van der Waals surface area contributed by atoms with Crippen LogP contribution in [0, 0.1) is 6.92 Å². The number of nitrogens with one attached hydrogen (secondary N) is 2. The molecule has 0 spiro atoms. The van der Waals surface area contributed by atoms with Crippen molar-refractivity contribution in [2.24, 2.45) is 0 Å². The molecule has 2 nitrogen and oxygen atoms in total. The fourth-order valence-electron chi connectivity index (χ4n) is 1.63. The fourth-order valence-corrected chi connectivity index (χ4v) is 2.54. The van der Waals surface area contributed by atoms with Gasteiger partial charge in [-0.1, -0.05) is 34.8 Å². The van der Waals surface area contributed by atoms with Crippen LogP contribution >= 0.6 is 47.0 Å². The lowest BCUT2D eigenvalue weighted by molar-refractivity contribution is 1.45. The smallest absolute Gasteiger partial charge is 0.175 e. The zero-order valence-corrected chi connectivity index (χ0v) is 13.6. The number of rotatable bonds is 2. The van der Waals surface area contributed by atoms with Crippen molar-refractivity contribution < 1.29 is 0 Å². The second-order valence-corrected chi connectivity index (χ2v) is 5.85. The zero-order chi connectivity index (χ0) is 14.7. The quantitative estimate of drug-likeness (QED) is 0.676. The van der Waals surface area contributed by atoms with Gasteiger partial charge in [0.2, 0.25) is 0 Å². The van der Waals surface area contributed by atoms with E-state index in [0.29, 0.717) is 25.9 Å². The van der Waals surface area contributed by atoms with Crippen molar-refractivity contribution in [1.29, 1.82) is 0 Å². The Hall–Kier alpha value is -1.000. The minimum atomic E-state index is 0.444. The van der Waals surface area contributed by atoms with Gasteiger partial charge in [-0.05, 0) is 61.1 Å². The van der Waals surface area contributed by atoms with E-state index in [-0.39, 0.29) is 0 Å². The highest BCUT2D eigenvalue weighted by atomic mass is 35.5. The average Bonchev–Trinajstić information content (AvgIpc) is 2.36. The molecule has 0 aliphatic rings. The molecule has 104 valence electrons. The summed E-state index contributed by atoms with van der Waals surface area (Å²) in [5.74, 6) is 0. The molecule has 0 fully saturated rings. The van der Waals surface area contributed by atoms with E-state index in [9.17, 15) is 0 Å². The second-order valence-electron chi connectivity index (χ2n) is 4.16. The molecule has 6 heteroatoms. The van der Waals surface area contributed by atoms with Crippen molar-refractivity contribution in [3.05, 3.63) is 57.0 Å². The predicted octanol–water partition coefficient (Wildman–Crippen LogP) is 5.76. The summed E-state index contributed by atoms with van der Waals surface area (Å²) in [6.07, 6.45) is 0. The van der Waals surface area contributed by atoms with Crippen molar-refractivity contribution in [2.45, 2.75) is 6.92 Å². The first-order valence-corrected chi connectivity index (χ1v) is 7.29. The molecule has 20 heavy (non-hydrogen) atoms. The van der Waals surface area contributed by atoms with Gasteiger partial charge in [-0.15, -0.1) is 0 Å². The van der Waals surface area contributed by atoms with Crippen LogP contribution in [0.4, 0.5) is 11.4 Å². The van der Waals surface area contributed by atoms with Crippen LogP contribution in [0.1, 0.15) is 5.56 Å². The monoisotopic (exact) mass is 344 g/mol. The van der Waals surface area contributed by atoms with E-state index < -0.39 is 0 Å². The van der Waals surface area contributed by atoms with E-state index in [4.69, 9.17) is 47.0 Å². The Morgan fingerprint density at radius 2 is 1.45 bits per heavy atom.